The number of nitrogens with two attached hydrogens (primary N) is 2. The lowest BCUT2D eigenvalue weighted by atomic mass is 10.2. The molecule has 0 unspecified atom stereocenters. The van der Waals surface area contributed by atoms with E-state index in [0.717, 1.165) is 0 Å². The zero-order valence-electron chi connectivity index (χ0n) is 9.31. The van der Waals surface area contributed by atoms with Crippen molar-refractivity contribution in [2.24, 2.45) is 11.5 Å². The van der Waals surface area contributed by atoms with Crippen LogP contribution in [-0.2, 0) is 0 Å². The molecule has 0 aromatic carbocycles. The molecule has 7 heteroatoms. The smallest absolute Gasteiger partial charge is 0.317 e. The predicted molar refractivity (Wildman–Crippen MR) is 65.7 cm³/mol. The van der Waals surface area contributed by atoms with Crippen molar-refractivity contribution >= 4 is 17.8 Å². The van der Waals surface area contributed by atoms with Crippen LogP contribution in [0.15, 0.2) is 30.5 Å². The second kappa shape index (κ2) is 4.58. The molecule has 6 N–H and O–H groups in total. The van der Waals surface area contributed by atoms with Crippen LogP contribution in [-0.4, -0.2) is 21.9 Å². The number of urea groups is 1. The molecular formula is C11H11N5O2. The van der Waals surface area contributed by atoms with Gasteiger partial charge >= 0.3 is 6.03 Å². The third kappa shape index (κ3) is 2.29. The summed E-state index contributed by atoms with van der Waals surface area (Å²) in [5, 5.41) is 2.30. The maximum Gasteiger partial charge on any atom is 0.317 e. The zero-order valence-corrected chi connectivity index (χ0v) is 9.31. The van der Waals surface area contributed by atoms with Crippen LogP contribution in [0.5, 0.6) is 0 Å². The second-order valence-electron chi connectivity index (χ2n) is 3.54. The summed E-state index contributed by atoms with van der Waals surface area (Å²) in [7, 11) is 0. The Kier molecular flexibility index (Phi) is 2.96. The molecule has 2 heterocycles. The Hall–Kier alpha value is -2.83. The maximum atomic E-state index is 11.2. The molecule has 0 atom stereocenters. The summed E-state index contributed by atoms with van der Waals surface area (Å²) in [6, 6.07) is 6.05. The Balaban J connectivity index is 2.45. The number of hydrogen-bond acceptors (Lipinski definition) is 3. The molecule has 0 fully saturated rings. The van der Waals surface area contributed by atoms with Crippen LogP contribution in [0.25, 0.3) is 11.4 Å². The molecule has 0 aliphatic rings. The Morgan fingerprint density at radius 2 is 2.06 bits per heavy atom. The number of carbonyl (C=O) groups excluding carboxylic acids is 2. The van der Waals surface area contributed by atoms with Gasteiger partial charge in [0.25, 0.3) is 5.91 Å². The van der Waals surface area contributed by atoms with Gasteiger partial charge in [0, 0.05) is 6.20 Å². The first-order chi connectivity index (χ1) is 8.58. The van der Waals surface area contributed by atoms with E-state index in [-0.39, 0.29) is 11.4 Å². The summed E-state index contributed by atoms with van der Waals surface area (Å²) in [6.45, 7) is 0. The molecule has 0 spiro atoms. The number of H-pyrrole nitrogens is 1. The normalized spacial score (nSPS) is 10.0. The van der Waals surface area contributed by atoms with Crippen molar-refractivity contribution in [2.45, 2.75) is 0 Å². The lowest BCUT2D eigenvalue weighted by molar-refractivity contribution is 0.100. The Morgan fingerprint density at radius 1 is 1.28 bits per heavy atom. The standard InChI is InChI=1S/C11H11N5O2/c12-9(17)6-5-8(7-3-1-2-4-14-7)15-10(6)16-11(13)18/h1-5,15H,(H2,12,17)(H3,13,16,18). The fourth-order valence-corrected chi connectivity index (χ4v) is 1.53. The van der Waals surface area contributed by atoms with E-state index in [1.165, 1.54) is 6.07 Å². The van der Waals surface area contributed by atoms with Gasteiger partial charge in [0.2, 0.25) is 0 Å². The molecule has 0 bridgehead atoms. The highest BCUT2D eigenvalue weighted by molar-refractivity contribution is 6.02. The largest absolute Gasteiger partial charge is 0.365 e. The van der Waals surface area contributed by atoms with Crippen LogP contribution in [0.1, 0.15) is 10.4 Å². The van der Waals surface area contributed by atoms with Crippen LogP contribution in [0, 0.1) is 0 Å². The number of rotatable bonds is 3. The third-order valence-electron chi connectivity index (χ3n) is 2.27. The summed E-state index contributed by atoms with van der Waals surface area (Å²) in [5.41, 5.74) is 11.5. The highest BCUT2D eigenvalue weighted by atomic mass is 16.2. The van der Waals surface area contributed by atoms with Gasteiger partial charge in [-0.25, -0.2) is 4.79 Å². The highest BCUT2D eigenvalue weighted by Gasteiger charge is 2.15. The van der Waals surface area contributed by atoms with Gasteiger partial charge in [-0.15, -0.1) is 0 Å². The molecule has 18 heavy (non-hydrogen) atoms. The zero-order chi connectivity index (χ0) is 13.1. The molecule has 92 valence electrons. The van der Waals surface area contributed by atoms with Gasteiger partial charge in [0.1, 0.15) is 5.82 Å². The number of nitrogens with zero attached hydrogens (tertiary/aromatic N) is 1. The Morgan fingerprint density at radius 3 is 2.61 bits per heavy atom. The van der Waals surface area contributed by atoms with Gasteiger partial charge in [-0.1, -0.05) is 6.07 Å². The lowest BCUT2D eigenvalue weighted by Crippen LogP contribution is -2.22. The SMILES string of the molecule is NC(=O)Nc1[nH]c(-c2ccccn2)cc1C(N)=O. The van der Waals surface area contributed by atoms with Gasteiger partial charge in [0.05, 0.1) is 17.0 Å². The first-order valence-corrected chi connectivity index (χ1v) is 5.08. The van der Waals surface area contributed by atoms with Crippen molar-refractivity contribution in [1.82, 2.24) is 9.97 Å². The molecule has 2 aromatic heterocycles. The minimum absolute atomic E-state index is 0.148. The number of anilines is 1. The molecule has 0 saturated carbocycles. The van der Waals surface area contributed by atoms with Crippen molar-refractivity contribution in [3.8, 4) is 11.4 Å². The molecular weight excluding hydrogens is 234 g/mol. The van der Waals surface area contributed by atoms with E-state index in [4.69, 9.17) is 11.5 Å². The van der Waals surface area contributed by atoms with E-state index in [0.29, 0.717) is 11.4 Å². The van der Waals surface area contributed by atoms with Crippen LogP contribution in [0.4, 0.5) is 10.6 Å². The Labute approximate surface area is 102 Å². The molecule has 0 aliphatic heterocycles. The number of aromatic nitrogens is 2. The topological polar surface area (TPSA) is 127 Å². The fourth-order valence-electron chi connectivity index (χ4n) is 1.53. The molecule has 3 amide bonds. The molecule has 7 nitrogen and oxygen atoms in total. The molecule has 2 rings (SSSR count). The van der Waals surface area contributed by atoms with Crippen molar-refractivity contribution in [3.05, 3.63) is 36.0 Å². The number of hydrogen-bond donors (Lipinski definition) is 4. The van der Waals surface area contributed by atoms with E-state index in [2.05, 4.69) is 15.3 Å². The van der Waals surface area contributed by atoms with Crippen molar-refractivity contribution in [2.75, 3.05) is 5.32 Å². The summed E-state index contributed by atoms with van der Waals surface area (Å²) in [4.78, 5) is 29.0. The lowest BCUT2D eigenvalue weighted by Gasteiger charge is -2.00. The van der Waals surface area contributed by atoms with Gasteiger partial charge in [-0.3, -0.25) is 15.1 Å². The van der Waals surface area contributed by atoms with E-state index < -0.39 is 11.9 Å². The second-order valence-corrected chi connectivity index (χ2v) is 3.54. The van der Waals surface area contributed by atoms with Crippen LogP contribution < -0.4 is 16.8 Å². The molecule has 0 saturated heterocycles. The van der Waals surface area contributed by atoms with Gasteiger partial charge in [0.15, 0.2) is 0 Å². The van der Waals surface area contributed by atoms with Crippen molar-refractivity contribution in [1.29, 1.82) is 0 Å². The fraction of sp³-hybridized carbons (Fsp3) is 0. The van der Waals surface area contributed by atoms with E-state index in [1.807, 2.05) is 0 Å². The average molecular weight is 245 g/mol. The number of aromatic amines is 1. The predicted octanol–water partition coefficient (Wildman–Crippen LogP) is 0.666. The van der Waals surface area contributed by atoms with Gasteiger partial charge < -0.3 is 16.5 Å². The van der Waals surface area contributed by atoms with E-state index >= 15 is 0 Å². The summed E-state index contributed by atoms with van der Waals surface area (Å²) in [5.74, 6) is -0.507. The number of carbonyl (C=O) groups is 2. The number of pyridine rings is 1. The maximum absolute atomic E-state index is 11.2. The van der Waals surface area contributed by atoms with Crippen molar-refractivity contribution in [3.63, 3.8) is 0 Å². The minimum atomic E-state index is -0.785. The highest BCUT2D eigenvalue weighted by Crippen LogP contribution is 2.23. The van der Waals surface area contributed by atoms with Gasteiger partial charge in [-0.2, -0.15) is 0 Å². The van der Waals surface area contributed by atoms with Crippen LogP contribution >= 0.6 is 0 Å². The van der Waals surface area contributed by atoms with Crippen LogP contribution in [0.3, 0.4) is 0 Å². The van der Waals surface area contributed by atoms with Crippen LogP contribution in [0.2, 0.25) is 0 Å². The first-order valence-electron chi connectivity index (χ1n) is 5.08. The van der Waals surface area contributed by atoms with Gasteiger partial charge in [-0.05, 0) is 18.2 Å². The monoisotopic (exact) mass is 245 g/mol. The summed E-state index contributed by atoms with van der Waals surface area (Å²) >= 11 is 0. The average Bonchev–Trinajstić information content (AvgIpc) is 2.73. The summed E-state index contributed by atoms with van der Waals surface area (Å²) in [6.07, 6.45) is 1.61. The summed E-state index contributed by atoms with van der Waals surface area (Å²) < 4.78 is 0. The van der Waals surface area contributed by atoms with E-state index in [1.54, 1.807) is 24.4 Å². The van der Waals surface area contributed by atoms with E-state index in [9.17, 15) is 9.59 Å². The van der Waals surface area contributed by atoms with Crippen molar-refractivity contribution < 1.29 is 9.59 Å². The molecule has 0 radical (unpaired) electrons. The number of amides is 3. The minimum Gasteiger partial charge on any atom is -0.365 e. The molecule has 0 aliphatic carbocycles. The molecule has 2 aromatic rings. The Bertz CT molecular complexity index is 591. The quantitative estimate of drug-likeness (QED) is 0.634. The third-order valence-corrected chi connectivity index (χ3v) is 2.27. The number of nitrogens with one attached hydrogen (secondary N) is 2. The number of primary amides is 2. The first kappa shape index (κ1) is 11.6.